The van der Waals surface area contributed by atoms with Crippen LogP contribution in [0.4, 0.5) is 5.82 Å². The van der Waals surface area contributed by atoms with Gasteiger partial charge >= 0.3 is 0 Å². The molecule has 1 atom stereocenters. The third-order valence-electron chi connectivity index (χ3n) is 3.92. The average molecular weight is 284 g/mol. The van der Waals surface area contributed by atoms with Gasteiger partial charge in [-0.2, -0.15) is 0 Å². The summed E-state index contributed by atoms with van der Waals surface area (Å²) in [5.41, 5.74) is 2.19. The van der Waals surface area contributed by atoms with Gasteiger partial charge < -0.3 is 9.64 Å². The molecule has 0 N–H and O–H groups in total. The second-order valence-electron chi connectivity index (χ2n) is 5.42. The first-order chi connectivity index (χ1) is 10.2. The lowest BCUT2D eigenvalue weighted by Crippen LogP contribution is -2.42. The summed E-state index contributed by atoms with van der Waals surface area (Å²) in [6.45, 7) is 5.97. The Labute approximate surface area is 125 Å². The van der Waals surface area contributed by atoms with Crippen molar-refractivity contribution in [1.29, 1.82) is 0 Å². The maximum absolute atomic E-state index is 6.03. The maximum atomic E-state index is 6.03. The minimum atomic E-state index is 0.178. The molecule has 5 nitrogen and oxygen atoms in total. The average Bonchev–Trinajstić information content (AvgIpc) is 2.51. The molecule has 2 aromatic rings. The number of anilines is 1. The molecule has 0 spiro atoms. The molecule has 1 fully saturated rings. The van der Waals surface area contributed by atoms with Gasteiger partial charge in [-0.25, -0.2) is 9.97 Å². The molecule has 3 heterocycles. The number of hydrogen-bond donors (Lipinski definition) is 0. The standard InChI is InChI=1S/C16H20N4O/c1-12-13(2)18-11-19-16(12)20-8-4-6-15(10-20)21-14-5-3-7-17-9-14/h3,5,7,9,11,15H,4,6,8,10H2,1-2H3. The van der Waals surface area contributed by atoms with Gasteiger partial charge in [-0.3, -0.25) is 4.98 Å². The number of pyridine rings is 1. The van der Waals surface area contributed by atoms with Gasteiger partial charge in [-0.1, -0.05) is 0 Å². The molecule has 1 unspecified atom stereocenters. The number of hydrogen-bond acceptors (Lipinski definition) is 5. The van der Waals surface area contributed by atoms with E-state index in [1.807, 2.05) is 19.1 Å². The van der Waals surface area contributed by atoms with Crippen LogP contribution in [0.5, 0.6) is 5.75 Å². The van der Waals surface area contributed by atoms with Crippen molar-refractivity contribution in [2.45, 2.75) is 32.8 Å². The minimum absolute atomic E-state index is 0.178. The topological polar surface area (TPSA) is 51.1 Å². The summed E-state index contributed by atoms with van der Waals surface area (Å²) in [6, 6.07) is 3.85. The van der Waals surface area contributed by atoms with Crippen LogP contribution in [0.2, 0.25) is 0 Å². The van der Waals surface area contributed by atoms with Crippen LogP contribution in [-0.4, -0.2) is 34.1 Å². The van der Waals surface area contributed by atoms with Gasteiger partial charge in [-0.15, -0.1) is 0 Å². The molecule has 0 radical (unpaired) electrons. The van der Waals surface area contributed by atoms with Gasteiger partial charge in [0, 0.05) is 24.0 Å². The predicted molar refractivity (Wildman–Crippen MR) is 81.6 cm³/mol. The number of aryl methyl sites for hydroxylation is 1. The smallest absolute Gasteiger partial charge is 0.138 e. The summed E-state index contributed by atoms with van der Waals surface area (Å²) in [4.78, 5) is 15.1. The van der Waals surface area contributed by atoms with Gasteiger partial charge in [0.15, 0.2) is 0 Å². The molecule has 0 aromatic carbocycles. The Balaban J connectivity index is 1.72. The monoisotopic (exact) mass is 284 g/mol. The highest BCUT2D eigenvalue weighted by Gasteiger charge is 2.23. The van der Waals surface area contributed by atoms with E-state index in [1.165, 1.54) is 0 Å². The Kier molecular flexibility index (Phi) is 3.99. The SMILES string of the molecule is Cc1ncnc(N2CCCC(Oc3cccnc3)C2)c1C. The van der Waals surface area contributed by atoms with Crippen LogP contribution in [0.1, 0.15) is 24.1 Å². The highest BCUT2D eigenvalue weighted by molar-refractivity contribution is 5.48. The van der Waals surface area contributed by atoms with Crippen molar-refractivity contribution in [2.24, 2.45) is 0 Å². The third-order valence-corrected chi connectivity index (χ3v) is 3.92. The zero-order valence-electron chi connectivity index (χ0n) is 12.5. The number of ether oxygens (including phenoxy) is 1. The van der Waals surface area contributed by atoms with E-state index in [0.29, 0.717) is 0 Å². The van der Waals surface area contributed by atoms with E-state index in [-0.39, 0.29) is 6.10 Å². The largest absolute Gasteiger partial charge is 0.487 e. The van der Waals surface area contributed by atoms with Crippen molar-refractivity contribution in [3.8, 4) is 5.75 Å². The summed E-state index contributed by atoms with van der Waals surface area (Å²) >= 11 is 0. The summed E-state index contributed by atoms with van der Waals surface area (Å²) in [5, 5.41) is 0. The molecule has 1 saturated heterocycles. The molecule has 0 aliphatic carbocycles. The maximum Gasteiger partial charge on any atom is 0.138 e. The van der Waals surface area contributed by atoms with Crippen LogP contribution in [0.25, 0.3) is 0 Å². The van der Waals surface area contributed by atoms with E-state index in [9.17, 15) is 0 Å². The second kappa shape index (κ2) is 6.08. The normalized spacial score (nSPS) is 18.6. The Morgan fingerprint density at radius 2 is 2.19 bits per heavy atom. The first kappa shape index (κ1) is 13.8. The lowest BCUT2D eigenvalue weighted by molar-refractivity contribution is 0.178. The fourth-order valence-corrected chi connectivity index (χ4v) is 2.68. The molecule has 0 saturated carbocycles. The van der Waals surface area contributed by atoms with E-state index >= 15 is 0 Å². The van der Waals surface area contributed by atoms with Gasteiger partial charge in [0.1, 0.15) is 24.0 Å². The Bertz CT molecular complexity index is 602. The number of aromatic nitrogens is 3. The van der Waals surface area contributed by atoms with E-state index < -0.39 is 0 Å². The zero-order chi connectivity index (χ0) is 14.7. The molecule has 2 aromatic heterocycles. The van der Waals surface area contributed by atoms with Crippen LogP contribution in [0, 0.1) is 13.8 Å². The van der Waals surface area contributed by atoms with E-state index in [2.05, 4.69) is 26.8 Å². The van der Waals surface area contributed by atoms with E-state index in [4.69, 9.17) is 4.74 Å². The fourth-order valence-electron chi connectivity index (χ4n) is 2.68. The number of piperidine rings is 1. The molecule has 1 aliphatic rings. The zero-order valence-corrected chi connectivity index (χ0v) is 12.5. The molecule has 5 heteroatoms. The molecule has 110 valence electrons. The number of rotatable bonds is 3. The highest BCUT2D eigenvalue weighted by atomic mass is 16.5. The van der Waals surface area contributed by atoms with Crippen LogP contribution >= 0.6 is 0 Å². The minimum Gasteiger partial charge on any atom is -0.487 e. The van der Waals surface area contributed by atoms with Crippen molar-refractivity contribution in [2.75, 3.05) is 18.0 Å². The molecular formula is C16H20N4O. The lowest BCUT2D eigenvalue weighted by Gasteiger charge is -2.34. The second-order valence-corrected chi connectivity index (χ2v) is 5.42. The van der Waals surface area contributed by atoms with Crippen molar-refractivity contribution in [3.05, 3.63) is 42.1 Å². The Morgan fingerprint density at radius 3 is 3.00 bits per heavy atom. The molecular weight excluding hydrogens is 264 g/mol. The van der Waals surface area contributed by atoms with Crippen LogP contribution in [0.3, 0.4) is 0 Å². The third kappa shape index (κ3) is 3.12. The van der Waals surface area contributed by atoms with E-state index in [0.717, 1.165) is 48.8 Å². The van der Waals surface area contributed by atoms with E-state index in [1.54, 1.807) is 18.7 Å². The Morgan fingerprint density at radius 1 is 1.29 bits per heavy atom. The summed E-state index contributed by atoms with van der Waals surface area (Å²) in [5.74, 6) is 1.86. The van der Waals surface area contributed by atoms with Crippen LogP contribution in [0.15, 0.2) is 30.9 Å². The fraction of sp³-hybridized carbons (Fsp3) is 0.438. The molecule has 21 heavy (non-hydrogen) atoms. The number of nitrogens with zero attached hydrogens (tertiary/aromatic N) is 4. The van der Waals surface area contributed by atoms with Crippen molar-refractivity contribution < 1.29 is 4.74 Å². The summed E-state index contributed by atoms with van der Waals surface area (Å²) in [7, 11) is 0. The van der Waals surface area contributed by atoms with Gasteiger partial charge in [-0.05, 0) is 38.8 Å². The summed E-state index contributed by atoms with van der Waals surface area (Å²) in [6.07, 6.45) is 7.51. The van der Waals surface area contributed by atoms with Gasteiger partial charge in [0.05, 0.1) is 12.7 Å². The Hall–Kier alpha value is -2.17. The predicted octanol–water partition coefficient (Wildman–Crippen LogP) is 2.54. The van der Waals surface area contributed by atoms with Crippen molar-refractivity contribution in [1.82, 2.24) is 15.0 Å². The molecule has 0 amide bonds. The lowest BCUT2D eigenvalue weighted by atomic mass is 10.1. The highest BCUT2D eigenvalue weighted by Crippen LogP contribution is 2.24. The first-order valence-corrected chi connectivity index (χ1v) is 7.34. The first-order valence-electron chi connectivity index (χ1n) is 7.34. The van der Waals surface area contributed by atoms with Gasteiger partial charge in [0.25, 0.3) is 0 Å². The quantitative estimate of drug-likeness (QED) is 0.867. The molecule has 3 rings (SSSR count). The molecule has 1 aliphatic heterocycles. The van der Waals surface area contributed by atoms with Crippen molar-refractivity contribution >= 4 is 5.82 Å². The summed E-state index contributed by atoms with van der Waals surface area (Å²) < 4.78 is 6.03. The van der Waals surface area contributed by atoms with Crippen molar-refractivity contribution in [3.63, 3.8) is 0 Å². The van der Waals surface area contributed by atoms with Gasteiger partial charge in [0.2, 0.25) is 0 Å². The van der Waals surface area contributed by atoms with Crippen LogP contribution in [-0.2, 0) is 0 Å². The molecule has 0 bridgehead atoms. The van der Waals surface area contributed by atoms with Crippen LogP contribution < -0.4 is 9.64 Å².